The van der Waals surface area contributed by atoms with E-state index in [9.17, 15) is 0 Å². The van der Waals surface area contributed by atoms with Gasteiger partial charge < -0.3 is 9.72 Å². The minimum atomic E-state index is 0.355. The summed E-state index contributed by atoms with van der Waals surface area (Å²) in [7, 11) is 1.66. The zero-order valence-corrected chi connectivity index (χ0v) is 10.7. The van der Waals surface area contributed by atoms with Crippen molar-refractivity contribution in [3.63, 3.8) is 0 Å². The van der Waals surface area contributed by atoms with Crippen molar-refractivity contribution < 1.29 is 4.74 Å². The van der Waals surface area contributed by atoms with Crippen molar-refractivity contribution >= 4 is 0 Å². The number of nitrogens with one attached hydrogen (secondary N) is 1. The summed E-state index contributed by atoms with van der Waals surface area (Å²) >= 11 is 0. The summed E-state index contributed by atoms with van der Waals surface area (Å²) in [6.07, 6.45) is 1.53. The second kappa shape index (κ2) is 4.92. The molecule has 0 spiro atoms. The van der Waals surface area contributed by atoms with Crippen molar-refractivity contribution in [2.75, 3.05) is 7.11 Å². The topological polar surface area (TPSA) is 61.7 Å². The number of methoxy groups -OCH3 is 1. The SMILES string of the molecule is COc1ccc(-c2[nH]cnc2C#N)cc1C(C)C. The minimum absolute atomic E-state index is 0.355. The lowest BCUT2D eigenvalue weighted by Gasteiger charge is -2.13. The first kappa shape index (κ1) is 12.2. The average Bonchev–Trinajstić information content (AvgIpc) is 2.86. The first-order chi connectivity index (χ1) is 8.67. The zero-order chi connectivity index (χ0) is 13.1. The third kappa shape index (κ3) is 2.07. The molecule has 92 valence electrons. The Balaban J connectivity index is 2.54. The van der Waals surface area contributed by atoms with Crippen LogP contribution >= 0.6 is 0 Å². The van der Waals surface area contributed by atoms with Gasteiger partial charge in [-0.25, -0.2) is 4.98 Å². The molecule has 2 aromatic rings. The molecule has 0 radical (unpaired) electrons. The van der Waals surface area contributed by atoms with Crippen LogP contribution in [0.2, 0.25) is 0 Å². The fraction of sp³-hybridized carbons (Fsp3) is 0.286. The third-order valence-electron chi connectivity index (χ3n) is 2.89. The Morgan fingerprint density at radius 1 is 1.39 bits per heavy atom. The molecule has 0 saturated carbocycles. The van der Waals surface area contributed by atoms with Crippen molar-refractivity contribution in [2.24, 2.45) is 0 Å². The van der Waals surface area contributed by atoms with Crippen LogP contribution in [0.4, 0.5) is 0 Å². The first-order valence-corrected chi connectivity index (χ1v) is 5.79. The highest BCUT2D eigenvalue weighted by Gasteiger charge is 2.12. The van der Waals surface area contributed by atoms with Gasteiger partial charge >= 0.3 is 0 Å². The zero-order valence-electron chi connectivity index (χ0n) is 10.7. The van der Waals surface area contributed by atoms with Crippen LogP contribution in [0.25, 0.3) is 11.3 Å². The van der Waals surface area contributed by atoms with E-state index in [-0.39, 0.29) is 0 Å². The van der Waals surface area contributed by atoms with E-state index in [0.717, 1.165) is 22.6 Å². The van der Waals surface area contributed by atoms with Crippen LogP contribution in [0, 0.1) is 11.3 Å². The average molecular weight is 241 g/mol. The summed E-state index contributed by atoms with van der Waals surface area (Å²) in [5.41, 5.74) is 3.24. The minimum Gasteiger partial charge on any atom is -0.496 e. The molecule has 0 amide bonds. The van der Waals surface area contributed by atoms with Crippen LogP contribution in [0.5, 0.6) is 5.75 Å². The maximum atomic E-state index is 8.99. The summed E-state index contributed by atoms with van der Waals surface area (Å²) in [6, 6.07) is 7.97. The monoisotopic (exact) mass is 241 g/mol. The molecule has 0 fully saturated rings. The number of nitriles is 1. The Labute approximate surface area is 106 Å². The van der Waals surface area contributed by atoms with E-state index in [1.54, 1.807) is 7.11 Å². The number of hydrogen-bond acceptors (Lipinski definition) is 3. The van der Waals surface area contributed by atoms with Gasteiger partial charge in [-0.15, -0.1) is 0 Å². The predicted molar refractivity (Wildman–Crippen MR) is 69.4 cm³/mol. The number of aromatic amines is 1. The Bertz CT molecular complexity index is 593. The van der Waals surface area contributed by atoms with Crippen LogP contribution in [0.15, 0.2) is 24.5 Å². The molecule has 0 saturated heterocycles. The molecule has 0 atom stereocenters. The number of hydrogen-bond donors (Lipinski definition) is 1. The van der Waals surface area contributed by atoms with Crippen molar-refractivity contribution in [2.45, 2.75) is 19.8 Å². The van der Waals surface area contributed by atoms with Gasteiger partial charge in [0.1, 0.15) is 11.8 Å². The fourth-order valence-electron chi connectivity index (χ4n) is 1.94. The van der Waals surface area contributed by atoms with Gasteiger partial charge in [0.15, 0.2) is 5.69 Å². The highest BCUT2D eigenvalue weighted by Crippen LogP contribution is 2.31. The molecule has 0 aliphatic heterocycles. The van der Waals surface area contributed by atoms with Gasteiger partial charge in [-0.3, -0.25) is 0 Å². The van der Waals surface area contributed by atoms with E-state index in [4.69, 9.17) is 10.00 Å². The Kier molecular flexibility index (Phi) is 3.33. The van der Waals surface area contributed by atoms with E-state index in [1.165, 1.54) is 6.33 Å². The summed E-state index contributed by atoms with van der Waals surface area (Å²) in [6.45, 7) is 4.22. The molecule has 0 aliphatic carbocycles. The molecule has 0 aliphatic rings. The molecule has 4 nitrogen and oxygen atoms in total. The van der Waals surface area contributed by atoms with Crippen LogP contribution in [0.3, 0.4) is 0 Å². The normalized spacial score (nSPS) is 10.4. The maximum absolute atomic E-state index is 8.99. The van der Waals surface area contributed by atoms with Gasteiger partial charge in [0.05, 0.1) is 19.1 Å². The third-order valence-corrected chi connectivity index (χ3v) is 2.89. The highest BCUT2D eigenvalue weighted by atomic mass is 16.5. The van der Waals surface area contributed by atoms with Crippen molar-refractivity contribution in [3.8, 4) is 23.1 Å². The van der Waals surface area contributed by atoms with E-state index < -0.39 is 0 Å². The Morgan fingerprint density at radius 3 is 2.78 bits per heavy atom. The lowest BCUT2D eigenvalue weighted by Crippen LogP contribution is -1.95. The fourth-order valence-corrected chi connectivity index (χ4v) is 1.94. The number of aromatic nitrogens is 2. The van der Waals surface area contributed by atoms with Gasteiger partial charge in [0.2, 0.25) is 0 Å². The quantitative estimate of drug-likeness (QED) is 0.898. The number of nitrogens with zero attached hydrogens (tertiary/aromatic N) is 2. The number of ether oxygens (including phenoxy) is 1. The molecular weight excluding hydrogens is 226 g/mol. The van der Waals surface area contributed by atoms with Crippen LogP contribution in [-0.2, 0) is 0 Å². The van der Waals surface area contributed by atoms with Gasteiger partial charge in [0, 0.05) is 5.56 Å². The highest BCUT2D eigenvalue weighted by molar-refractivity contribution is 5.67. The summed E-state index contributed by atoms with van der Waals surface area (Å²) in [5.74, 6) is 1.22. The Hall–Kier alpha value is -2.28. The molecule has 0 bridgehead atoms. The van der Waals surface area contributed by atoms with E-state index in [2.05, 4.69) is 29.9 Å². The number of imidazole rings is 1. The standard InChI is InChI=1S/C14H15N3O/c1-9(2)11-6-10(4-5-13(11)18-3)14-12(7-15)16-8-17-14/h4-6,8-9H,1-3H3,(H,16,17). The van der Waals surface area contributed by atoms with E-state index in [0.29, 0.717) is 11.6 Å². The van der Waals surface area contributed by atoms with Crippen molar-refractivity contribution in [1.29, 1.82) is 5.26 Å². The van der Waals surface area contributed by atoms with Crippen LogP contribution < -0.4 is 4.74 Å². The smallest absolute Gasteiger partial charge is 0.166 e. The lowest BCUT2D eigenvalue weighted by molar-refractivity contribution is 0.407. The Morgan fingerprint density at radius 2 is 2.17 bits per heavy atom. The largest absolute Gasteiger partial charge is 0.496 e. The van der Waals surface area contributed by atoms with E-state index >= 15 is 0 Å². The predicted octanol–water partition coefficient (Wildman–Crippen LogP) is 3.08. The van der Waals surface area contributed by atoms with Crippen molar-refractivity contribution in [3.05, 3.63) is 35.8 Å². The molecule has 1 heterocycles. The summed E-state index contributed by atoms with van der Waals surface area (Å²) < 4.78 is 5.34. The molecule has 1 aromatic carbocycles. The molecule has 0 unspecified atom stereocenters. The molecule has 18 heavy (non-hydrogen) atoms. The van der Waals surface area contributed by atoms with Gasteiger partial charge in [-0.1, -0.05) is 13.8 Å². The number of H-pyrrole nitrogens is 1. The van der Waals surface area contributed by atoms with Crippen LogP contribution in [0.1, 0.15) is 31.0 Å². The molecule has 4 heteroatoms. The second-order valence-corrected chi connectivity index (χ2v) is 4.35. The second-order valence-electron chi connectivity index (χ2n) is 4.35. The van der Waals surface area contributed by atoms with Crippen molar-refractivity contribution in [1.82, 2.24) is 9.97 Å². The van der Waals surface area contributed by atoms with Gasteiger partial charge in [-0.2, -0.15) is 5.26 Å². The number of benzene rings is 1. The van der Waals surface area contributed by atoms with Gasteiger partial charge in [-0.05, 0) is 29.7 Å². The van der Waals surface area contributed by atoms with E-state index in [1.807, 2.05) is 18.2 Å². The first-order valence-electron chi connectivity index (χ1n) is 5.79. The molecule has 1 aromatic heterocycles. The lowest BCUT2D eigenvalue weighted by atomic mass is 9.98. The summed E-state index contributed by atoms with van der Waals surface area (Å²) in [5, 5.41) is 8.99. The molecule has 2 rings (SSSR count). The van der Waals surface area contributed by atoms with Gasteiger partial charge in [0.25, 0.3) is 0 Å². The molecular formula is C14H15N3O. The van der Waals surface area contributed by atoms with Crippen LogP contribution in [-0.4, -0.2) is 17.1 Å². The molecule has 1 N–H and O–H groups in total. The summed E-state index contributed by atoms with van der Waals surface area (Å²) in [4.78, 5) is 6.98. The maximum Gasteiger partial charge on any atom is 0.166 e. The number of rotatable bonds is 3.